The zero-order valence-corrected chi connectivity index (χ0v) is 41.1. The van der Waals surface area contributed by atoms with E-state index >= 15 is 0 Å². The molecule has 0 heterocycles. The van der Waals surface area contributed by atoms with Crippen molar-refractivity contribution >= 4 is 40.0 Å². The maximum Gasteiger partial charge on any atom is 4.00 e. The van der Waals surface area contributed by atoms with E-state index in [1.54, 1.807) is 10.4 Å². The number of unbranched alkanes of at least 4 members (excludes halogenated alkanes) is 3. The average Bonchev–Trinajstić information content (AvgIpc) is 3.66. The van der Waals surface area contributed by atoms with Crippen LogP contribution in [0.2, 0.25) is 12.6 Å². The average molecular weight is 883 g/mol. The molecule has 0 amide bonds. The van der Waals surface area contributed by atoms with Gasteiger partial charge in [0.05, 0.1) is 5.60 Å². The Morgan fingerprint density at radius 2 is 0.964 bits per heavy atom. The first-order valence-electron chi connectivity index (χ1n) is 20.1. The van der Waals surface area contributed by atoms with Crippen LogP contribution >= 0.6 is 0 Å². The molecule has 0 aliphatic carbocycles. The summed E-state index contributed by atoms with van der Waals surface area (Å²) in [5.41, 5.74) is 11.3. The summed E-state index contributed by atoms with van der Waals surface area (Å²) in [7, 11) is -2.46. The van der Waals surface area contributed by atoms with Crippen LogP contribution in [0.4, 0.5) is 0 Å². The van der Waals surface area contributed by atoms with E-state index in [2.05, 4.69) is 180 Å². The van der Waals surface area contributed by atoms with Crippen molar-refractivity contribution in [2.45, 2.75) is 131 Å². The maximum atomic E-state index is 6.11. The Morgan fingerprint density at radius 3 is 1.36 bits per heavy atom. The van der Waals surface area contributed by atoms with Gasteiger partial charge in [-0.05, 0) is 63.0 Å². The zero-order valence-electron chi connectivity index (χ0n) is 36.1. The van der Waals surface area contributed by atoms with Gasteiger partial charge in [-0.1, -0.05) is 168 Å². The number of hydrogen-bond donors (Lipinski definition) is 0. The molecule has 0 aliphatic rings. The van der Waals surface area contributed by atoms with E-state index in [1.807, 2.05) is 0 Å². The van der Waals surface area contributed by atoms with Gasteiger partial charge in [0.15, 0.2) is 0 Å². The van der Waals surface area contributed by atoms with Gasteiger partial charge in [0, 0.05) is 14.7 Å². The molecule has 0 atom stereocenters. The molecule has 0 saturated heterocycles. The van der Waals surface area contributed by atoms with Crippen LogP contribution in [-0.4, -0.2) is 20.3 Å². The van der Waals surface area contributed by atoms with Gasteiger partial charge >= 0.3 is 26.2 Å². The Bertz CT molecular complexity index is 2080. The molecule has 5 heteroatoms. The molecule has 0 N–H and O–H groups in total. The van der Waals surface area contributed by atoms with E-state index in [0.29, 0.717) is 0 Å². The van der Waals surface area contributed by atoms with Gasteiger partial charge in [-0.15, -0.1) is 67.3 Å². The van der Waals surface area contributed by atoms with Crippen LogP contribution in [0.15, 0.2) is 97.1 Å². The van der Waals surface area contributed by atoms with E-state index in [4.69, 9.17) is 4.74 Å². The summed E-state index contributed by atoms with van der Waals surface area (Å²) >= 11 is 0. The zero-order chi connectivity index (χ0) is 38.3. The number of benzene rings is 4. The van der Waals surface area contributed by atoms with E-state index in [-0.39, 0.29) is 67.4 Å². The van der Waals surface area contributed by atoms with Crippen molar-refractivity contribution in [2.75, 3.05) is 6.61 Å². The molecule has 0 spiro atoms. The van der Waals surface area contributed by atoms with Crippen LogP contribution in [0.1, 0.15) is 110 Å². The summed E-state index contributed by atoms with van der Waals surface area (Å²) in [4.78, 5) is 0. The van der Waals surface area contributed by atoms with Gasteiger partial charge in [0.1, 0.15) is 0 Å². The molecule has 0 aliphatic heterocycles. The monoisotopic (exact) mass is 880 g/mol. The topological polar surface area (TPSA) is 9.23 Å². The molecule has 6 aromatic rings. The van der Waals surface area contributed by atoms with E-state index in [0.717, 1.165) is 13.0 Å². The quantitative estimate of drug-likeness (QED) is 0.0743. The van der Waals surface area contributed by atoms with Crippen LogP contribution < -0.4 is 35.2 Å². The Kier molecular flexibility index (Phi) is 16.1. The molecule has 0 unspecified atom stereocenters. The molecule has 56 heavy (non-hydrogen) atoms. The summed E-state index contributed by atoms with van der Waals surface area (Å²) in [5, 5.41) is 8.81. The Labute approximate surface area is 372 Å². The summed E-state index contributed by atoms with van der Waals surface area (Å²) in [6.07, 6.45) is 4.74. The maximum absolute atomic E-state index is 6.11. The molecule has 0 fully saturated rings. The van der Waals surface area contributed by atoms with Crippen molar-refractivity contribution in [1.82, 2.24) is 0 Å². The number of hydrogen-bond acceptors (Lipinski definition) is 1. The van der Waals surface area contributed by atoms with Crippen molar-refractivity contribution in [3.8, 4) is 22.3 Å². The largest absolute Gasteiger partial charge is 4.00 e. The first kappa shape index (κ1) is 48.1. The minimum atomic E-state index is -2.46. The Morgan fingerprint density at radius 1 is 0.554 bits per heavy atom. The fourth-order valence-corrected chi connectivity index (χ4v) is 13.6. The number of ether oxygens (including phenoxy) is 1. The number of halogens is 2. The smallest absolute Gasteiger partial charge is 1.00 e. The second-order valence-corrected chi connectivity index (χ2v) is 23.2. The first-order chi connectivity index (χ1) is 24.9. The summed E-state index contributed by atoms with van der Waals surface area (Å²) in [6.45, 7) is 28.6. The van der Waals surface area contributed by atoms with Crippen molar-refractivity contribution in [2.24, 2.45) is 0 Å². The van der Waals surface area contributed by atoms with Crippen LogP contribution in [0.3, 0.4) is 0 Å². The third kappa shape index (κ3) is 10.3. The standard InChI is InChI=1S/C51H64OSi.2ClH.Zr/c1-35-31-39(49(3,4)5)25-27-41(35)45-33-37-21-15-17-23-43(37)47(45)53(12,30-20-14-13-19-29-52-51(9,10)11)48-44-24-18-16-22-38(44)34-46(48)42-28-26-40(32-36(42)2)50(6,7)8;;;/h15-18,21-28,31-34H,13-14,19-20,29-30H2,1-12H3;2*1H;/q-2;;;+4/p-2. The van der Waals surface area contributed by atoms with Gasteiger partial charge in [0.25, 0.3) is 0 Å². The molecule has 0 aromatic heterocycles. The molecule has 0 saturated carbocycles. The van der Waals surface area contributed by atoms with Crippen molar-refractivity contribution < 1.29 is 55.8 Å². The van der Waals surface area contributed by atoms with Crippen LogP contribution in [0.25, 0.3) is 43.8 Å². The van der Waals surface area contributed by atoms with Crippen LogP contribution in [0, 0.1) is 13.8 Å². The molecule has 296 valence electrons. The van der Waals surface area contributed by atoms with Gasteiger partial charge in [-0.3, -0.25) is 0 Å². The van der Waals surface area contributed by atoms with Gasteiger partial charge < -0.3 is 29.6 Å². The summed E-state index contributed by atoms with van der Waals surface area (Å²) in [5.74, 6) is 0. The third-order valence-electron chi connectivity index (χ3n) is 11.6. The molecule has 1 nitrogen and oxygen atoms in total. The van der Waals surface area contributed by atoms with E-state index in [9.17, 15) is 0 Å². The van der Waals surface area contributed by atoms with Gasteiger partial charge in [-0.2, -0.15) is 0 Å². The third-order valence-corrected chi connectivity index (χ3v) is 16.2. The van der Waals surface area contributed by atoms with E-state index in [1.165, 1.54) is 91.4 Å². The Hall–Kier alpha value is -2.26. The number of rotatable bonds is 11. The predicted molar refractivity (Wildman–Crippen MR) is 237 cm³/mol. The summed E-state index contributed by atoms with van der Waals surface area (Å²) in [6, 6.07) is 39.2. The fourth-order valence-electron chi connectivity index (χ4n) is 8.61. The minimum absolute atomic E-state index is 0. The SMILES string of the molecule is Cc1cc(C(C)(C)C)ccc1-c1[cH-]c2ccccc2c1[Si](C)(CCCCCCOC(C)(C)C)c1c(-c2ccc(C(C)(C)C)cc2C)[cH-]c2ccccc12.[Cl-].[Cl-].[Zr+4]. The molecular formula is C51H64Cl2OSiZr. The normalized spacial score (nSPS) is 12.4. The first-order valence-corrected chi connectivity index (χ1v) is 22.8. The fraction of sp³-hybridized carbons (Fsp3) is 0.412. The van der Waals surface area contributed by atoms with Crippen molar-refractivity contribution in [3.63, 3.8) is 0 Å². The van der Waals surface area contributed by atoms with Crippen molar-refractivity contribution in [3.05, 3.63) is 119 Å². The number of fused-ring (bicyclic) bond motifs is 2. The van der Waals surface area contributed by atoms with E-state index < -0.39 is 8.07 Å². The second kappa shape index (κ2) is 18.8. The summed E-state index contributed by atoms with van der Waals surface area (Å²) < 4.78 is 6.11. The second-order valence-electron chi connectivity index (χ2n) is 19.1. The van der Waals surface area contributed by atoms with Crippen LogP contribution in [0.5, 0.6) is 0 Å². The minimum Gasteiger partial charge on any atom is -1.00 e. The van der Waals surface area contributed by atoms with Gasteiger partial charge in [-0.25, -0.2) is 0 Å². The number of aryl methyl sites for hydroxylation is 2. The molecule has 6 aromatic carbocycles. The molecule has 0 bridgehead atoms. The molecule has 6 rings (SSSR count). The van der Waals surface area contributed by atoms with Crippen LogP contribution in [-0.2, 0) is 41.8 Å². The molecule has 0 radical (unpaired) electrons. The van der Waals surface area contributed by atoms with Crippen molar-refractivity contribution in [1.29, 1.82) is 0 Å². The predicted octanol–water partition coefficient (Wildman–Crippen LogP) is 7.55. The van der Waals surface area contributed by atoms with Gasteiger partial charge in [0.2, 0.25) is 0 Å². The Balaban J connectivity index is 0.00000280. The molecular weight excluding hydrogens is 819 g/mol.